The fourth-order valence-corrected chi connectivity index (χ4v) is 7.40. The van der Waals surface area contributed by atoms with E-state index in [9.17, 15) is 29.1 Å². The van der Waals surface area contributed by atoms with E-state index in [2.05, 4.69) is 60.8 Å². The van der Waals surface area contributed by atoms with Crippen molar-refractivity contribution in [3.63, 3.8) is 0 Å². The van der Waals surface area contributed by atoms with Gasteiger partial charge in [0.2, 0.25) is 15.9 Å². The highest BCUT2D eigenvalue weighted by atomic mass is 35.6. The minimum atomic E-state index is -2.09. The first-order chi connectivity index (χ1) is 33.9. The van der Waals surface area contributed by atoms with Gasteiger partial charge in [0.05, 0.1) is 0 Å². The summed E-state index contributed by atoms with van der Waals surface area (Å²) in [5, 5.41) is 16.0. The molecule has 2 fully saturated rings. The molecule has 0 spiro atoms. The Morgan fingerprint density at radius 3 is 1.81 bits per heavy atom. The third kappa shape index (κ3) is 30.7. The van der Waals surface area contributed by atoms with Gasteiger partial charge >= 0.3 is 30.3 Å². The van der Waals surface area contributed by atoms with Crippen molar-refractivity contribution in [2.75, 3.05) is 32.8 Å². The first kappa shape index (κ1) is 68.2. The minimum absolute atomic E-state index is 0.0101. The second-order valence-corrected chi connectivity index (χ2v) is 30.1. The van der Waals surface area contributed by atoms with Gasteiger partial charge in [-0.25, -0.2) is 20.4 Å². The summed E-state index contributed by atoms with van der Waals surface area (Å²) in [5.74, 6) is -0.528. The molecular formula is C48H72Cl6N6O13Si. The van der Waals surface area contributed by atoms with Crippen LogP contribution in [0.5, 0.6) is 11.5 Å². The van der Waals surface area contributed by atoms with Crippen LogP contribution in [-0.2, 0) is 55.8 Å². The lowest BCUT2D eigenvalue weighted by Crippen LogP contribution is -2.60. The molecule has 0 bridgehead atoms. The quantitative estimate of drug-likeness (QED) is 0.0474. The number of alkyl halides is 6. The molecule has 418 valence electrons. The Bertz CT molecular complexity index is 2140. The number of hydrogen-bond donors (Lipinski definition) is 6. The number of carbonyl (C=O) groups excluding carboxylic acids is 7. The van der Waals surface area contributed by atoms with Gasteiger partial charge in [-0.3, -0.25) is 24.8 Å². The highest BCUT2D eigenvalue weighted by Gasteiger charge is 2.39. The highest BCUT2D eigenvalue weighted by Crippen LogP contribution is 2.37. The summed E-state index contributed by atoms with van der Waals surface area (Å²) in [6.07, 6.45) is 2.54. The standard InChI is InChI=1S/C27H42Cl3N3O6Si.C13H19NO3.C7H11Cl3N2O2.CO2/c1-25(2,3)38-24(36)31-21(16-18-11-9-12-19(15-18)39-40(7,8)26(4,5)6)22(34)33-14-10-13-20(32-33)23(35)37-17-27(28,29)30;1-13(2,3)17-12(16)14-8-7-10-5-4-6-11(15)9-10;8-7(9,10)4-14-6(13)5-2-1-3-11-12-5;2-1-3/h9,11-12,15,20-21,32H,10,13-14,16-17H2,1-8H3,(H,31,36);4-6,9,15H,7-8H2,1-3H3,(H,14,16);5,11-12H,1-4H2;/t20-,21-;;5-;/m0.0./s1. The number of nitrogens with one attached hydrogen (secondary N) is 5. The molecule has 2 aromatic rings. The number of amides is 3. The van der Waals surface area contributed by atoms with Crippen LogP contribution in [0.4, 0.5) is 9.59 Å². The highest BCUT2D eigenvalue weighted by molar-refractivity contribution is 6.74. The molecule has 0 aromatic heterocycles. The number of hydrazine groups is 2. The lowest BCUT2D eigenvalue weighted by atomic mass is 10.0. The largest absolute Gasteiger partial charge is 0.543 e. The monoisotopic (exact) mass is 1180 g/mol. The number of halogens is 6. The molecule has 2 aliphatic rings. The van der Waals surface area contributed by atoms with Crippen molar-refractivity contribution in [3.8, 4) is 11.5 Å². The molecule has 0 radical (unpaired) electrons. The van der Waals surface area contributed by atoms with Crippen molar-refractivity contribution in [2.24, 2.45) is 0 Å². The molecule has 2 aromatic carbocycles. The molecule has 74 heavy (non-hydrogen) atoms. The molecule has 6 N–H and O–H groups in total. The molecule has 19 nitrogen and oxygen atoms in total. The molecule has 0 saturated carbocycles. The van der Waals surface area contributed by atoms with Crippen molar-refractivity contribution in [2.45, 2.75) is 156 Å². The molecule has 3 atom stereocenters. The number of alkyl carbamates (subject to hydrolysis) is 2. The molecule has 0 aliphatic carbocycles. The summed E-state index contributed by atoms with van der Waals surface area (Å²) in [5.41, 5.74) is 9.10. The van der Waals surface area contributed by atoms with Crippen LogP contribution in [-0.4, -0.2) is 124 Å². The van der Waals surface area contributed by atoms with Crippen LogP contribution in [0.1, 0.15) is 99.1 Å². The number of nitrogens with zero attached hydrogens (tertiary/aromatic N) is 1. The zero-order chi connectivity index (χ0) is 56.7. The number of phenolic OH excluding ortho intramolecular Hbond substituents is 1. The van der Waals surface area contributed by atoms with E-state index in [4.69, 9.17) is 103 Å². The van der Waals surface area contributed by atoms with Crippen LogP contribution >= 0.6 is 69.6 Å². The summed E-state index contributed by atoms with van der Waals surface area (Å²) >= 11 is 33.4. The number of aromatic hydroxyl groups is 1. The Morgan fingerprint density at radius 1 is 0.770 bits per heavy atom. The Balaban J connectivity index is 0.000000653. The number of esters is 2. The Hall–Kier alpha value is -3.79. The normalized spacial score (nSPS) is 16.5. The van der Waals surface area contributed by atoms with Crippen LogP contribution in [0.15, 0.2) is 48.5 Å². The lowest BCUT2D eigenvalue weighted by Gasteiger charge is -2.36. The maximum Gasteiger partial charge on any atom is 0.408 e. The summed E-state index contributed by atoms with van der Waals surface area (Å²) in [4.78, 5) is 77.9. The number of phenols is 1. The fraction of sp³-hybridized carbons (Fsp3) is 0.625. The van der Waals surface area contributed by atoms with Crippen LogP contribution < -0.4 is 31.3 Å². The summed E-state index contributed by atoms with van der Waals surface area (Å²) < 4.78 is 23.6. The molecule has 3 amide bonds. The molecular weight excluding hydrogens is 1110 g/mol. The van der Waals surface area contributed by atoms with Gasteiger partial charge in [0.15, 0.2) is 0 Å². The van der Waals surface area contributed by atoms with Gasteiger partial charge in [-0.2, -0.15) is 9.59 Å². The second kappa shape index (κ2) is 31.4. The Labute approximate surface area is 465 Å². The van der Waals surface area contributed by atoms with Crippen molar-refractivity contribution < 1.29 is 62.0 Å². The maximum absolute atomic E-state index is 13.7. The minimum Gasteiger partial charge on any atom is -0.543 e. The SMILES string of the molecule is CC(C)(C)OC(=O)NCCc1cccc(O)c1.CC(C)(C)OC(=O)N[C@@H](Cc1cccc(O[Si](C)(C)C(C)(C)C)c1)C(=O)N1CCC[C@@H](C(=O)OCC(Cl)(Cl)Cl)N1.O=C(OCC(Cl)(Cl)Cl)[C@@H]1CCCNN1.O=C=O. The van der Waals surface area contributed by atoms with Gasteiger partial charge < -0.3 is 39.1 Å². The summed E-state index contributed by atoms with van der Waals surface area (Å²) in [6.45, 7) is 22.5. The predicted octanol–water partition coefficient (Wildman–Crippen LogP) is 8.95. The van der Waals surface area contributed by atoms with E-state index in [1.54, 1.807) is 39.0 Å². The van der Waals surface area contributed by atoms with Crippen molar-refractivity contribution >= 4 is 114 Å². The van der Waals surface area contributed by atoms with Crippen molar-refractivity contribution in [1.29, 1.82) is 0 Å². The zero-order valence-electron chi connectivity index (χ0n) is 43.7. The molecule has 4 rings (SSSR count). The van der Waals surface area contributed by atoms with Crippen LogP contribution in [0.2, 0.25) is 18.1 Å². The third-order valence-electron chi connectivity index (χ3n) is 10.3. The number of ether oxygens (including phenoxy) is 4. The molecule has 0 unspecified atom stereocenters. The van der Waals surface area contributed by atoms with E-state index in [0.717, 1.165) is 30.5 Å². The average Bonchev–Trinajstić information content (AvgIpc) is 3.26. The smallest absolute Gasteiger partial charge is 0.408 e. The van der Waals surface area contributed by atoms with Gasteiger partial charge in [0.25, 0.3) is 5.91 Å². The summed E-state index contributed by atoms with van der Waals surface area (Å²) in [7, 11) is -2.09. The van der Waals surface area contributed by atoms with E-state index in [1.807, 2.05) is 51.1 Å². The first-order valence-electron chi connectivity index (χ1n) is 23.5. The number of hydrogen-bond acceptors (Lipinski definition) is 16. The van der Waals surface area contributed by atoms with Gasteiger partial charge in [0.1, 0.15) is 54.0 Å². The van der Waals surface area contributed by atoms with Gasteiger partial charge in [-0.15, -0.1) is 0 Å². The summed E-state index contributed by atoms with van der Waals surface area (Å²) in [6, 6.07) is 12.3. The average molecular weight is 1180 g/mol. The predicted molar refractivity (Wildman–Crippen MR) is 287 cm³/mol. The first-order valence-corrected chi connectivity index (χ1v) is 28.7. The zero-order valence-corrected chi connectivity index (χ0v) is 49.2. The topological polar surface area (TPSA) is 249 Å². The maximum atomic E-state index is 13.7. The van der Waals surface area contributed by atoms with E-state index in [1.165, 1.54) is 5.01 Å². The van der Waals surface area contributed by atoms with Gasteiger partial charge in [0, 0.05) is 26.1 Å². The van der Waals surface area contributed by atoms with Crippen LogP contribution in [0.3, 0.4) is 0 Å². The van der Waals surface area contributed by atoms with E-state index < -0.39 is 75.8 Å². The van der Waals surface area contributed by atoms with E-state index in [0.29, 0.717) is 38.1 Å². The number of benzene rings is 2. The molecule has 2 saturated heterocycles. The number of carbonyl (C=O) groups is 5. The van der Waals surface area contributed by atoms with Crippen LogP contribution in [0.25, 0.3) is 0 Å². The second-order valence-electron chi connectivity index (χ2n) is 20.4. The van der Waals surface area contributed by atoms with E-state index >= 15 is 0 Å². The van der Waals surface area contributed by atoms with Crippen molar-refractivity contribution in [1.82, 2.24) is 31.9 Å². The Morgan fingerprint density at radius 2 is 1.30 bits per heavy atom. The third-order valence-corrected chi connectivity index (χ3v) is 15.4. The van der Waals surface area contributed by atoms with Gasteiger partial charge in [-0.1, -0.05) is 115 Å². The molecule has 2 heterocycles. The van der Waals surface area contributed by atoms with Crippen molar-refractivity contribution in [3.05, 3.63) is 59.7 Å². The molecule has 26 heteroatoms. The lowest BCUT2D eigenvalue weighted by molar-refractivity contribution is -0.191. The van der Waals surface area contributed by atoms with Crippen LogP contribution in [0, 0.1) is 0 Å². The van der Waals surface area contributed by atoms with E-state index in [-0.39, 0.29) is 36.0 Å². The number of rotatable bonds is 13. The van der Waals surface area contributed by atoms with Gasteiger partial charge in [-0.05, 0) is 127 Å². The molecule has 2 aliphatic heterocycles. The Kier molecular flexibility index (Phi) is 29.0. The fourth-order valence-electron chi connectivity index (χ4n) is 6.05.